The fourth-order valence-electron chi connectivity index (χ4n) is 1.43. The second-order valence-electron chi connectivity index (χ2n) is 4.19. The number of hydrogen-bond acceptors (Lipinski definition) is 6. The van der Waals surface area contributed by atoms with Crippen LogP contribution in [0.25, 0.3) is 0 Å². The Morgan fingerprint density at radius 2 is 1.72 bits per heavy atom. The van der Waals surface area contributed by atoms with Crippen molar-refractivity contribution in [3.8, 4) is 0 Å². The minimum Gasteiger partial charge on any atom is -0.394 e. The number of unbranched alkanes of at least 4 members (excludes halogenated alkanes) is 1. The van der Waals surface area contributed by atoms with E-state index in [9.17, 15) is 15.0 Å². The molecule has 6 N–H and O–H groups in total. The van der Waals surface area contributed by atoms with E-state index in [1.165, 1.54) is 0 Å². The summed E-state index contributed by atoms with van der Waals surface area (Å²) >= 11 is 0. The highest BCUT2D eigenvalue weighted by Gasteiger charge is 2.31. The topological polar surface area (TPSA) is 130 Å². The van der Waals surface area contributed by atoms with Gasteiger partial charge in [0.15, 0.2) is 0 Å². The standard InChI is InChI=1S/C11H23NO6/c1-2-3-4-9(16)12-7(5-13)10(17)11(18)8(15)6-14/h7-8,10-11,13-15,17-18H,2-6H2,1H3,(H,12,16). The lowest BCUT2D eigenvalue weighted by molar-refractivity contribution is -0.126. The SMILES string of the molecule is CCCCC(=O)NC(CO)C(O)C(O)C(O)CO. The molecule has 0 saturated heterocycles. The Labute approximate surface area is 106 Å². The molecule has 0 heterocycles. The molecule has 4 atom stereocenters. The van der Waals surface area contributed by atoms with Crippen LogP contribution in [0.2, 0.25) is 0 Å². The van der Waals surface area contributed by atoms with Gasteiger partial charge in [-0.05, 0) is 6.42 Å². The van der Waals surface area contributed by atoms with E-state index >= 15 is 0 Å². The molecule has 7 nitrogen and oxygen atoms in total. The molecule has 0 radical (unpaired) electrons. The molecule has 18 heavy (non-hydrogen) atoms. The van der Waals surface area contributed by atoms with E-state index in [1.807, 2.05) is 6.92 Å². The summed E-state index contributed by atoms with van der Waals surface area (Å²) in [6.45, 7) is 0.626. The number of aliphatic hydroxyl groups excluding tert-OH is 5. The quantitative estimate of drug-likeness (QED) is 0.279. The molecule has 0 aromatic rings. The van der Waals surface area contributed by atoms with Gasteiger partial charge < -0.3 is 30.8 Å². The summed E-state index contributed by atoms with van der Waals surface area (Å²) in [6, 6.07) is -1.08. The highest BCUT2D eigenvalue weighted by molar-refractivity contribution is 5.76. The number of amides is 1. The first kappa shape index (κ1) is 17.3. The van der Waals surface area contributed by atoms with Crippen LogP contribution in [0.1, 0.15) is 26.2 Å². The van der Waals surface area contributed by atoms with Crippen molar-refractivity contribution in [2.75, 3.05) is 13.2 Å². The Morgan fingerprint density at radius 1 is 1.11 bits per heavy atom. The number of carbonyl (C=O) groups excluding carboxylic acids is 1. The van der Waals surface area contributed by atoms with Gasteiger partial charge in [0.25, 0.3) is 0 Å². The van der Waals surface area contributed by atoms with E-state index in [2.05, 4.69) is 5.32 Å². The van der Waals surface area contributed by atoms with Crippen LogP contribution >= 0.6 is 0 Å². The zero-order valence-corrected chi connectivity index (χ0v) is 10.5. The fourth-order valence-corrected chi connectivity index (χ4v) is 1.43. The van der Waals surface area contributed by atoms with Gasteiger partial charge in [-0.3, -0.25) is 4.79 Å². The zero-order valence-electron chi connectivity index (χ0n) is 10.5. The van der Waals surface area contributed by atoms with E-state index < -0.39 is 37.6 Å². The Bertz CT molecular complexity index is 238. The maximum atomic E-state index is 11.4. The van der Waals surface area contributed by atoms with Crippen molar-refractivity contribution >= 4 is 5.91 Å². The van der Waals surface area contributed by atoms with Crippen LogP contribution in [0.3, 0.4) is 0 Å². The van der Waals surface area contributed by atoms with Crippen LogP contribution < -0.4 is 5.32 Å². The Balaban J connectivity index is 4.34. The van der Waals surface area contributed by atoms with Crippen molar-refractivity contribution in [3.63, 3.8) is 0 Å². The molecule has 1 amide bonds. The van der Waals surface area contributed by atoms with Crippen molar-refractivity contribution in [2.24, 2.45) is 0 Å². The van der Waals surface area contributed by atoms with Gasteiger partial charge >= 0.3 is 0 Å². The van der Waals surface area contributed by atoms with Gasteiger partial charge in [0, 0.05) is 6.42 Å². The van der Waals surface area contributed by atoms with Gasteiger partial charge in [0.2, 0.25) is 5.91 Å². The molecule has 0 bridgehead atoms. The minimum atomic E-state index is -1.64. The molecule has 0 aliphatic heterocycles. The molecule has 7 heteroatoms. The normalized spacial score (nSPS) is 17.9. The predicted octanol–water partition coefficient (Wildman–Crippen LogP) is -2.27. The van der Waals surface area contributed by atoms with Crippen molar-refractivity contribution < 1.29 is 30.3 Å². The van der Waals surface area contributed by atoms with Crippen molar-refractivity contribution in [1.29, 1.82) is 0 Å². The molecule has 108 valence electrons. The molecule has 0 rings (SSSR count). The Morgan fingerprint density at radius 3 is 2.17 bits per heavy atom. The number of nitrogens with one attached hydrogen (secondary N) is 1. The van der Waals surface area contributed by atoms with E-state index in [0.717, 1.165) is 6.42 Å². The van der Waals surface area contributed by atoms with Crippen LogP contribution in [0, 0.1) is 0 Å². The highest BCUT2D eigenvalue weighted by Crippen LogP contribution is 2.06. The summed E-state index contributed by atoms with van der Waals surface area (Å²) in [6.07, 6.45) is -2.94. The summed E-state index contributed by atoms with van der Waals surface area (Å²) in [7, 11) is 0. The van der Waals surface area contributed by atoms with Crippen LogP contribution in [-0.4, -0.2) is 69.0 Å². The van der Waals surface area contributed by atoms with Gasteiger partial charge in [-0.1, -0.05) is 13.3 Å². The second-order valence-corrected chi connectivity index (χ2v) is 4.19. The van der Waals surface area contributed by atoms with Crippen LogP contribution in [0.15, 0.2) is 0 Å². The van der Waals surface area contributed by atoms with Gasteiger partial charge in [-0.15, -0.1) is 0 Å². The fraction of sp³-hybridized carbons (Fsp3) is 0.909. The van der Waals surface area contributed by atoms with Gasteiger partial charge in [-0.25, -0.2) is 0 Å². The van der Waals surface area contributed by atoms with Gasteiger partial charge in [-0.2, -0.15) is 0 Å². The van der Waals surface area contributed by atoms with E-state index in [4.69, 9.17) is 15.3 Å². The first-order chi connectivity index (χ1) is 8.47. The zero-order chi connectivity index (χ0) is 14.1. The number of carbonyl (C=O) groups is 1. The van der Waals surface area contributed by atoms with Crippen molar-refractivity contribution in [3.05, 3.63) is 0 Å². The lowest BCUT2D eigenvalue weighted by Crippen LogP contribution is -2.54. The predicted molar refractivity (Wildman–Crippen MR) is 63.6 cm³/mol. The molecule has 0 aromatic heterocycles. The van der Waals surface area contributed by atoms with Crippen LogP contribution in [-0.2, 0) is 4.79 Å². The maximum absolute atomic E-state index is 11.4. The first-order valence-electron chi connectivity index (χ1n) is 6.03. The second kappa shape index (κ2) is 9.23. The van der Waals surface area contributed by atoms with E-state index in [-0.39, 0.29) is 12.3 Å². The third-order valence-electron chi connectivity index (χ3n) is 2.64. The smallest absolute Gasteiger partial charge is 0.220 e. The van der Waals surface area contributed by atoms with E-state index in [1.54, 1.807) is 0 Å². The van der Waals surface area contributed by atoms with Gasteiger partial charge in [0.1, 0.15) is 18.3 Å². The Hall–Kier alpha value is -0.730. The Kier molecular flexibility index (Phi) is 8.86. The maximum Gasteiger partial charge on any atom is 0.220 e. The third-order valence-corrected chi connectivity index (χ3v) is 2.64. The molecular weight excluding hydrogens is 242 g/mol. The summed E-state index contributed by atoms with van der Waals surface area (Å²) in [4.78, 5) is 11.4. The molecule has 0 aromatic carbocycles. The molecule has 4 unspecified atom stereocenters. The minimum absolute atomic E-state index is 0.262. The monoisotopic (exact) mass is 265 g/mol. The number of hydrogen-bond donors (Lipinski definition) is 6. The third kappa shape index (κ3) is 5.74. The molecule has 0 saturated carbocycles. The number of aliphatic hydroxyl groups is 5. The molecule has 0 aliphatic rings. The first-order valence-corrected chi connectivity index (χ1v) is 6.03. The summed E-state index contributed by atoms with van der Waals surface area (Å²) < 4.78 is 0. The molecule has 0 fully saturated rings. The van der Waals surface area contributed by atoms with Crippen LogP contribution in [0.5, 0.6) is 0 Å². The summed E-state index contributed by atoms with van der Waals surface area (Å²) in [5.41, 5.74) is 0. The lowest BCUT2D eigenvalue weighted by Gasteiger charge is -2.28. The number of rotatable bonds is 9. The van der Waals surface area contributed by atoms with Gasteiger partial charge in [0.05, 0.1) is 19.3 Å². The molecule has 0 spiro atoms. The molecule has 0 aliphatic carbocycles. The van der Waals surface area contributed by atoms with Crippen LogP contribution in [0.4, 0.5) is 0 Å². The average Bonchev–Trinajstić information content (AvgIpc) is 2.39. The summed E-state index contributed by atoms with van der Waals surface area (Å²) in [5.74, 6) is -0.347. The highest BCUT2D eigenvalue weighted by atomic mass is 16.4. The van der Waals surface area contributed by atoms with Crippen molar-refractivity contribution in [2.45, 2.75) is 50.5 Å². The average molecular weight is 265 g/mol. The molecular formula is C11H23NO6. The lowest BCUT2D eigenvalue weighted by atomic mass is 10.0. The largest absolute Gasteiger partial charge is 0.394 e. The van der Waals surface area contributed by atoms with E-state index in [0.29, 0.717) is 6.42 Å². The summed E-state index contributed by atoms with van der Waals surface area (Å²) in [5, 5.41) is 48.3. The van der Waals surface area contributed by atoms with Crippen molar-refractivity contribution in [1.82, 2.24) is 5.32 Å².